The molecule has 34 heavy (non-hydrogen) atoms. The largest absolute Gasteiger partial charge is 0.493 e. The van der Waals surface area contributed by atoms with Gasteiger partial charge in [-0.05, 0) is 54.3 Å². The highest BCUT2D eigenvalue weighted by Crippen LogP contribution is 2.37. The van der Waals surface area contributed by atoms with Crippen molar-refractivity contribution in [1.29, 1.82) is 0 Å². The quantitative estimate of drug-likeness (QED) is 0.614. The van der Waals surface area contributed by atoms with Gasteiger partial charge in [-0.25, -0.2) is 0 Å². The molecule has 1 atom stereocenters. The summed E-state index contributed by atoms with van der Waals surface area (Å²) in [5, 5.41) is 1.91. The number of ether oxygens (including phenoxy) is 2. The molecule has 5 rings (SSSR count). The van der Waals surface area contributed by atoms with E-state index < -0.39 is 0 Å². The van der Waals surface area contributed by atoms with Crippen molar-refractivity contribution in [2.75, 3.05) is 53.0 Å². The van der Waals surface area contributed by atoms with Crippen molar-refractivity contribution < 1.29 is 19.1 Å². The van der Waals surface area contributed by atoms with Crippen LogP contribution in [0, 0.1) is 0 Å². The average Bonchev–Trinajstić information content (AvgIpc) is 3.28. The van der Waals surface area contributed by atoms with Crippen LogP contribution in [-0.2, 0) is 4.79 Å². The molecule has 0 aliphatic carbocycles. The molecule has 2 fully saturated rings. The lowest BCUT2D eigenvalue weighted by Gasteiger charge is -2.34. The Labute approximate surface area is 200 Å². The van der Waals surface area contributed by atoms with Gasteiger partial charge in [-0.15, -0.1) is 0 Å². The molecule has 8 heteroatoms. The summed E-state index contributed by atoms with van der Waals surface area (Å²) in [7, 11) is 1.64. The van der Waals surface area contributed by atoms with Gasteiger partial charge in [0.25, 0.3) is 5.91 Å². The molecule has 0 bridgehead atoms. The van der Waals surface area contributed by atoms with E-state index in [4.69, 9.17) is 9.47 Å². The minimum Gasteiger partial charge on any atom is -0.493 e. The maximum atomic E-state index is 13.1. The number of rotatable bonds is 6. The monoisotopic (exact) mass is 464 g/mol. The minimum atomic E-state index is 0.0559. The first-order valence-electron chi connectivity index (χ1n) is 12.1. The van der Waals surface area contributed by atoms with Crippen LogP contribution in [0.2, 0.25) is 0 Å². The fourth-order valence-electron chi connectivity index (χ4n) is 5.12. The molecule has 0 N–H and O–H groups in total. The van der Waals surface area contributed by atoms with Gasteiger partial charge in [0.05, 0.1) is 31.0 Å². The van der Waals surface area contributed by atoms with E-state index in [1.807, 2.05) is 40.3 Å². The highest BCUT2D eigenvalue weighted by atomic mass is 16.5. The Morgan fingerprint density at radius 1 is 1.06 bits per heavy atom. The second-order valence-electron chi connectivity index (χ2n) is 9.26. The number of amides is 2. The van der Waals surface area contributed by atoms with E-state index in [2.05, 4.69) is 9.89 Å². The summed E-state index contributed by atoms with van der Waals surface area (Å²) in [5.74, 6) is 1.56. The molecule has 8 nitrogen and oxygen atoms in total. The molecular weight excluding hydrogens is 432 g/mol. The number of piperazine rings is 1. The number of hydrogen-bond acceptors (Lipinski definition) is 6. The van der Waals surface area contributed by atoms with Crippen molar-refractivity contribution in [1.82, 2.24) is 14.7 Å². The topological polar surface area (TPSA) is 74.7 Å². The zero-order chi connectivity index (χ0) is 23.7. The second kappa shape index (κ2) is 9.62. The van der Waals surface area contributed by atoms with Gasteiger partial charge in [0, 0.05) is 52.4 Å². The first-order valence-corrected chi connectivity index (χ1v) is 12.1. The molecule has 3 heterocycles. The summed E-state index contributed by atoms with van der Waals surface area (Å²) >= 11 is 0. The van der Waals surface area contributed by atoms with E-state index in [-0.39, 0.29) is 17.9 Å². The van der Waals surface area contributed by atoms with Crippen LogP contribution in [-0.4, -0.2) is 91.8 Å². The zero-order valence-corrected chi connectivity index (χ0v) is 20.0. The molecule has 2 saturated heterocycles. The van der Waals surface area contributed by atoms with Crippen LogP contribution in [0.1, 0.15) is 36.5 Å². The van der Waals surface area contributed by atoms with Crippen molar-refractivity contribution >= 4 is 34.5 Å². The summed E-state index contributed by atoms with van der Waals surface area (Å²) in [6, 6.07) is 7.92. The fraction of sp³-hybridized carbons (Fsp3) is 0.500. The molecule has 3 aliphatic rings. The molecule has 0 spiro atoms. The van der Waals surface area contributed by atoms with Crippen LogP contribution < -0.4 is 9.47 Å². The third-order valence-corrected chi connectivity index (χ3v) is 7.11. The third kappa shape index (κ3) is 4.46. The van der Waals surface area contributed by atoms with Crippen LogP contribution in [0.4, 0.5) is 5.69 Å². The molecule has 0 aromatic heterocycles. The van der Waals surface area contributed by atoms with Crippen LogP contribution >= 0.6 is 0 Å². The molecule has 0 unspecified atom stereocenters. The van der Waals surface area contributed by atoms with Crippen molar-refractivity contribution in [3.63, 3.8) is 0 Å². The molecule has 180 valence electrons. The number of carbonyl (C=O) groups excluding carboxylic acids is 2. The van der Waals surface area contributed by atoms with E-state index in [0.717, 1.165) is 69.3 Å². The number of methoxy groups -OCH3 is 1. The number of aliphatic imine (C=N–C) groups is 1. The van der Waals surface area contributed by atoms with Gasteiger partial charge >= 0.3 is 0 Å². The second-order valence-corrected chi connectivity index (χ2v) is 9.26. The molecular formula is C26H32N4O4. The predicted octanol–water partition coefficient (Wildman–Crippen LogP) is 3.10. The Bertz CT molecular complexity index is 1120. The van der Waals surface area contributed by atoms with Gasteiger partial charge in [-0.1, -0.05) is 0 Å². The maximum Gasteiger partial charge on any atom is 0.256 e. The number of nitrogens with zero attached hydrogens (tertiary/aromatic N) is 4. The molecule has 0 radical (unpaired) electrons. The summed E-state index contributed by atoms with van der Waals surface area (Å²) in [4.78, 5) is 35.4. The maximum absolute atomic E-state index is 13.1. The van der Waals surface area contributed by atoms with Crippen LogP contribution in [0.5, 0.6) is 11.5 Å². The van der Waals surface area contributed by atoms with Gasteiger partial charge in [-0.3, -0.25) is 19.5 Å². The Morgan fingerprint density at radius 3 is 2.59 bits per heavy atom. The van der Waals surface area contributed by atoms with E-state index in [1.54, 1.807) is 14.0 Å². The predicted molar refractivity (Wildman–Crippen MR) is 132 cm³/mol. The van der Waals surface area contributed by atoms with E-state index in [1.165, 1.54) is 0 Å². The van der Waals surface area contributed by atoms with Gasteiger partial charge in [0.1, 0.15) is 0 Å². The SMILES string of the molecule is COc1cc2cc3c(cc2cc1OCCCN1CCN(C(C)=O)CC1)N=C[C@@H]1CCCN1C3=O. The Kier molecular flexibility index (Phi) is 6.41. The summed E-state index contributed by atoms with van der Waals surface area (Å²) in [5.41, 5.74) is 1.36. The first kappa shape index (κ1) is 22.7. The highest BCUT2D eigenvalue weighted by Gasteiger charge is 2.31. The standard InChI is InChI=1S/C26H32N4O4/c1-18(31)29-10-8-28(9-11-29)6-4-12-34-25-16-20-14-23-22(13-19(20)15-24(25)33-2)26(32)30-7-3-5-21(30)17-27-23/h13-17,21H,3-12H2,1-2H3/t21-/m0/s1. The lowest BCUT2D eigenvalue weighted by molar-refractivity contribution is -0.130. The minimum absolute atomic E-state index is 0.0559. The van der Waals surface area contributed by atoms with Gasteiger partial charge in [0.15, 0.2) is 11.5 Å². The lowest BCUT2D eigenvalue weighted by Crippen LogP contribution is -2.48. The zero-order valence-electron chi connectivity index (χ0n) is 20.0. The third-order valence-electron chi connectivity index (χ3n) is 7.11. The summed E-state index contributed by atoms with van der Waals surface area (Å²) in [6.07, 6.45) is 4.80. The van der Waals surface area contributed by atoms with Crippen molar-refractivity contribution in [3.8, 4) is 11.5 Å². The van der Waals surface area contributed by atoms with E-state index >= 15 is 0 Å². The van der Waals surface area contributed by atoms with Crippen LogP contribution in [0.3, 0.4) is 0 Å². The fourth-order valence-corrected chi connectivity index (χ4v) is 5.12. The molecule has 0 saturated carbocycles. The van der Waals surface area contributed by atoms with Crippen LogP contribution in [0.25, 0.3) is 10.8 Å². The highest BCUT2D eigenvalue weighted by molar-refractivity contribution is 6.07. The number of hydrogen-bond donors (Lipinski definition) is 0. The van der Waals surface area contributed by atoms with Gasteiger partial charge in [-0.2, -0.15) is 0 Å². The van der Waals surface area contributed by atoms with Gasteiger partial charge < -0.3 is 19.3 Å². The van der Waals surface area contributed by atoms with Crippen molar-refractivity contribution in [2.45, 2.75) is 32.2 Å². The normalized spacial score (nSPS) is 20.3. The van der Waals surface area contributed by atoms with Gasteiger partial charge in [0.2, 0.25) is 5.91 Å². The van der Waals surface area contributed by atoms with E-state index in [0.29, 0.717) is 29.4 Å². The lowest BCUT2D eigenvalue weighted by atomic mass is 10.0. The smallest absolute Gasteiger partial charge is 0.256 e. The number of carbonyl (C=O) groups is 2. The molecule has 2 aromatic carbocycles. The Balaban J connectivity index is 1.27. The summed E-state index contributed by atoms with van der Waals surface area (Å²) in [6.45, 7) is 7.32. The van der Waals surface area contributed by atoms with E-state index in [9.17, 15) is 9.59 Å². The summed E-state index contributed by atoms with van der Waals surface area (Å²) < 4.78 is 11.7. The van der Waals surface area contributed by atoms with Crippen molar-refractivity contribution in [3.05, 3.63) is 29.8 Å². The number of fused-ring (bicyclic) bond motifs is 3. The van der Waals surface area contributed by atoms with Crippen LogP contribution in [0.15, 0.2) is 29.3 Å². The number of benzene rings is 2. The molecule has 3 aliphatic heterocycles. The Morgan fingerprint density at radius 2 is 1.82 bits per heavy atom. The Hall–Kier alpha value is -3.13. The molecule has 2 amide bonds. The first-order chi connectivity index (χ1) is 16.5. The average molecular weight is 465 g/mol. The van der Waals surface area contributed by atoms with Crippen molar-refractivity contribution in [2.24, 2.45) is 4.99 Å². The molecule has 2 aromatic rings.